The van der Waals surface area contributed by atoms with Crippen LogP contribution < -0.4 is 20.1 Å². The lowest BCUT2D eigenvalue weighted by molar-refractivity contribution is 0.0949. The Kier molecular flexibility index (Phi) is 6.35. The molecule has 2 aromatic carbocycles. The number of amides is 2. The van der Waals surface area contributed by atoms with Crippen molar-refractivity contribution >= 4 is 28.8 Å². The molecule has 150 valence electrons. The molecule has 10 heteroatoms. The molecule has 0 aliphatic rings. The van der Waals surface area contributed by atoms with Crippen molar-refractivity contribution in [1.29, 1.82) is 0 Å². The summed E-state index contributed by atoms with van der Waals surface area (Å²) < 4.78 is 23.5. The molecule has 2 amide bonds. The van der Waals surface area contributed by atoms with Crippen molar-refractivity contribution in [3.63, 3.8) is 0 Å². The Morgan fingerprint density at radius 2 is 1.76 bits per heavy atom. The van der Waals surface area contributed by atoms with Crippen LogP contribution in [0.1, 0.15) is 25.2 Å². The molecule has 3 rings (SSSR count). The molecule has 1 heterocycles. The predicted octanol–water partition coefficient (Wildman–Crippen LogP) is 2.88. The molecule has 8 nitrogen and oxygen atoms in total. The van der Waals surface area contributed by atoms with Gasteiger partial charge in [-0.2, -0.15) is 0 Å². The van der Waals surface area contributed by atoms with E-state index in [1.54, 1.807) is 24.3 Å². The summed E-state index contributed by atoms with van der Waals surface area (Å²) in [5, 5.41) is 13.5. The molecule has 0 atom stereocenters. The maximum absolute atomic E-state index is 13.2. The van der Waals surface area contributed by atoms with Crippen molar-refractivity contribution < 1.29 is 23.5 Å². The number of carbonyl (C=O) groups excluding carboxylic acids is 2. The first-order valence-electron chi connectivity index (χ1n) is 8.39. The fourth-order valence-corrected chi connectivity index (χ4v) is 3.04. The molecule has 2 N–H and O–H groups in total. The van der Waals surface area contributed by atoms with Crippen LogP contribution in [0.15, 0.2) is 42.5 Å². The zero-order chi connectivity index (χ0) is 20.8. The predicted molar refractivity (Wildman–Crippen MR) is 105 cm³/mol. The van der Waals surface area contributed by atoms with Gasteiger partial charge in [-0.3, -0.25) is 9.59 Å². The van der Waals surface area contributed by atoms with Crippen LogP contribution in [-0.2, 0) is 6.54 Å². The molecular weight excluding hydrogens is 399 g/mol. The van der Waals surface area contributed by atoms with E-state index in [2.05, 4.69) is 20.8 Å². The highest BCUT2D eigenvalue weighted by Crippen LogP contribution is 2.22. The molecule has 0 unspecified atom stereocenters. The lowest BCUT2D eigenvalue weighted by atomic mass is 10.2. The van der Waals surface area contributed by atoms with Gasteiger partial charge in [-0.05, 0) is 30.3 Å². The largest absolute Gasteiger partial charge is 0.497 e. The summed E-state index contributed by atoms with van der Waals surface area (Å²) in [6.45, 7) is 0.0866. The number of nitrogens with one attached hydrogen (secondary N) is 2. The van der Waals surface area contributed by atoms with Gasteiger partial charge in [0.1, 0.15) is 22.3 Å². The summed E-state index contributed by atoms with van der Waals surface area (Å²) in [5.74, 6) is -0.354. The minimum Gasteiger partial charge on any atom is -0.497 e. The maximum Gasteiger partial charge on any atom is 0.286 e. The fourth-order valence-electron chi connectivity index (χ4n) is 2.36. The average molecular weight is 416 g/mol. The number of hydrogen-bond donors (Lipinski definition) is 2. The molecule has 0 spiro atoms. The lowest BCUT2D eigenvalue weighted by Gasteiger charge is -2.08. The molecule has 1 aromatic heterocycles. The van der Waals surface area contributed by atoms with Crippen LogP contribution in [0.2, 0.25) is 0 Å². The van der Waals surface area contributed by atoms with E-state index in [1.807, 2.05) is 0 Å². The van der Waals surface area contributed by atoms with E-state index in [0.29, 0.717) is 27.8 Å². The zero-order valence-corrected chi connectivity index (χ0v) is 16.4. The minimum atomic E-state index is -0.511. The number of ether oxygens (including phenoxy) is 2. The van der Waals surface area contributed by atoms with Crippen LogP contribution in [0.5, 0.6) is 11.5 Å². The third-order valence-corrected chi connectivity index (χ3v) is 4.68. The molecule has 29 heavy (non-hydrogen) atoms. The molecule has 0 radical (unpaired) electrons. The maximum atomic E-state index is 13.2. The van der Waals surface area contributed by atoms with Gasteiger partial charge in [0.05, 0.1) is 20.8 Å². The summed E-state index contributed by atoms with van der Waals surface area (Å²) in [6, 6.07) is 10.3. The molecule has 0 aliphatic carbocycles. The summed E-state index contributed by atoms with van der Waals surface area (Å²) in [6.07, 6.45) is 0. The van der Waals surface area contributed by atoms with Gasteiger partial charge in [-0.1, -0.05) is 17.4 Å². The van der Waals surface area contributed by atoms with Crippen LogP contribution in [-0.4, -0.2) is 36.2 Å². The molecule has 0 fully saturated rings. The Labute approximate surface area is 169 Å². The third kappa shape index (κ3) is 5.26. The second-order valence-corrected chi connectivity index (χ2v) is 6.81. The number of anilines is 1. The normalized spacial score (nSPS) is 10.3. The van der Waals surface area contributed by atoms with Gasteiger partial charge in [0, 0.05) is 17.3 Å². The summed E-state index contributed by atoms with van der Waals surface area (Å²) >= 11 is 1.02. The van der Waals surface area contributed by atoms with E-state index >= 15 is 0 Å². The van der Waals surface area contributed by atoms with Crippen molar-refractivity contribution in [2.75, 3.05) is 19.5 Å². The van der Waals surface area contributed by atoms with Gasteiger partial charge in [0.2, 0.25) is 5.01 Å². The van der Waals surface area contributed by atoms with Crippen LogP contribution in [0.4, 0.5) is 10.1 Å². The zero-order valence-electron chi connectivity index (χ0n) is 15.6. The first-order chi connectivity index (χ1) is 14.0. The smallest absolute Gasteiger partial charge is 0.286 e. The molecule has 0 saturated heterocycles. The molecule has 3 aromatic rings. The number of nitrogens with zero attached hydrogens (tertiary/aromatic N) is 2. The second-order valence-electron chi connectivity index (χ2n) is 5.75. The summed E-state index contributed by atoms with van der Waals surface area (Å²) in [5.41, 5.74) is 0.668. The van der Waals surface area contributed by atoms with E-state index in [1.165, 1.54) is 32.4 Å². The van der Waals surface area contributed by atoms with Crippen LogP contribution >= 0.6 is 11.3 Å². The number of carbonyl (C=O) groups is 2. The van der Waals surface area contributed by atoms with Crippen molar-refractivity contribution in [1.82, 2.24) is 15.5 Å². The van der Waals surface area contributed by atoms with Crippen LogP contribution in [0, 0.1) is 5.82 Å². The average Bonchev–Trinajstić information content (AvgIpc) is 3.20. The standard InChI is InChI=1S/C19H17FN4O4S/c1-27-14-6-11(7-15(9-14)28-2)17(25)21-10-16-23-24-19(29-16)18(26)22-13-5-3-4-12(20)8-13/h3-9H,10H2,1-2H3,(H,21,25)(H,22,26). The van der Waals surface area contributed by atoms with Crippen molar-refractivity contribution in [2.45, 2.75) is 6.54 Å². The second kappa shape index (κ2) is 9.11. The Morgan fingerprint density at radius 3 is 2.41 bits per heavy atom. The third-order valence-electron chi connectivity index (χ3n) is 3.76. The molecule has 0 bridgehead atoms. The number of methoxy groups -OCH3 is 2. The van der Waals surface area contributed by atoms with Gasteiger partial charge in [0.25, 0.3) is 11.8 Å². The van der Waals surface area contributed by atoms with E-state index < -0.39 is 11.7 Å². The van der Waals surface area contributed by atoms with E-state index in [9.17, 15) is 14.0 Å². The number of benzene rings is 2. The van der Waals surface area contributed by atoms with Crippen molar-refractivity contribution in [3.05, 3.63) is 63.9 Å². The summed E-state index contributed by atoms with van der Waals surface area (Å²) in [7, 11) is 2.99. The Balaban J connectivity index is 1.61. The molecule has 0 aliphatic heterocycles. The Bertz CT molecular complexity index is 1020. The highest BCUT2D eigenvalue weighted by atomic mass is 32.1. The van der Waals surface area contributed by atoms with Crippen molar-refractivity contribution in [2.24, 2.45) is 0 Å². The van der Waals surface area contributed by atoms with Crippen LogP contribution in [0.25, 0.3) is 0 Å². The van der Waals surface area contributed by atoms with Gasteiger partial charge in [-0.15, -0.1) is 10.2 Å². The van der Waals surface area contributed by atoms with E-state index in [4.69, 9.17) is 9.47 Å². The first kappa shape index (κ1) is 20.2. The quantitative estimate of drug-likeness (QED) is 0.614. The fraction of sp³-hybridized carbons (Fsp3) is 0.158. The van der Waals surface area contributed by atoms with E-state index in [0.717, 1.165) is 11.3 Å². The van der Waals surface area contributed by atoms with Gasteiger partial charge < -0.3 is 20.1 Å². The number of aromatic nitrogens is 2. The Hall–Kier alpha value is -3.53. The number of hydrogen-bond acceptors (Lipinski definition) is 7. The van der Waals surface area contributed by atoms with Gasteiger partial charge >= 0.3 is 0 Å². The minimum absolute atomic E-state index is 0.0866. The highest BCUT2D eigenvalue weighted by Gasteiger charge is 2.15. The first-order valence-corrected chi connectivity index (χ1v) is 9.20. The van der Waals surface area contributed by atoms with E-state index in [-0.39, 0.29) is 17.5 Å². The topological polar surface area (TPSA) is 102 Å². The SMILES string of the molecule is COc1cc(OC)cc(C(=O)NCc2nnc(C(=O)Nc3cccc(F)c3)s2)c1. The van der Waals surface area contributed by atoms with Crippen LogP contribution in [0.3, 0.4) is 0 Å². The molecule has 0 saturated carbocycles. The summed E-state index contributed by atoms with van der Waals surface area (Å²) in [4.78, 5) is 24.6. The van der Waals surface area contributed by atoms with Gasteiger partial charge in [0.15, 0.2) is 0 Å². The molecular formula is C19H17FN4O4S. The van der Waals surface area contributed by atoms with Gasteiger partial charge in [-0.25, -0.2) is 4.39 Å². The van der Waals surface area contributed by atoms with Crippen molar-refractivity contribution in [3.8, 4) is 11.5 Å². The lowest BCUT2D eigenvalue weighted by Crippen LogP contribution is -2.22. The highest BCUT2D eigenvalue weighted by molar-refractivity contribution is 7.13. The number of halogens is 1. The number of rotatable bonds is 7. The Morgan fingerprint density at radius 1 is 1.03 bits per heavy atom. The monoisotopic (exact) mass is 416 g/mol.